The smallest absolute Gasteiger partial charge is 0.0487 e. The van der Waals surface area contributed by atoms with Gasteiger partial charge in [-0.15, -0.1) is 0 Å². The molecule has 0 atom stereocenters. The first kappa shape index (κ1) is 18.0. The molecule has 0 N–H and O–H groups in total. The lowest BCUT2D eigenvalue weighted by atomic mass is 9.98. The predicted molar refractivity (Wildman–Crippen MR) is 112 cm³/mol. The van der Waals surface area contributed by atoms with E-state index in [1.165, 1.54) is 35.2 Å². The normalized spacial score (nSPS) is 19.4. The number of rotatable bonds is 6. The minimum Gasteiger partial charge on any atom is -0.0802 e. The van der Waals surface area contributed by atoms with Gasteiger partial charge >= 0.3 is 0 Å². The van der Waals surface area contributed by atoms with Gasteiger partial charge in [0, 0.05) is 26.4 Å². The maximum absolute atomic E-state index is 2.50. The fraction of sp³-hybridized carbons (Fsp3) is 0.579. The van der Waals surface area contributed by atoms with E-state index in [-0.39, 0.29) is 0 Å². The van der Waals surface area contributed by atoms with Crippen LogP contribution in [0, 0.1) is 0 Å². The Balaban J connectivity index is 2.25. The lowest BCUT2D eigenvalue weighted by Crippen LogP contribution is -2.21. The molecule has 122 valence electrons. The highest BCUT2D eigenvalue weighted by atomic mass is 28.3. The van der Waals surface area contributed by atoms with Gasteiger partial charge in [0.25, 0.3) is 0 Å². The topological polar surface area (TPSA) is 0 Å². The molecule has 0 amide bonds. The van der Waals surface area contributed by atoms with E-state index in [0.717, 1.165) is 5.54 Å². The third kappa shape index (κ3) is 4.80. The van der Waals surface area contributed by atoms with Crippen LogP contribution >= 0.6 is 0 Å². The molecule has 0 aromatic carbocycles. The van der Waals surface area contributed by atoms with Crippen LogP contribution in [-0.4, -0.2) is 26.4 Å². The van der Waals surface area contributed by atoms with Crippen LogP contribution in [0.3, 0.4) is 0 Å². The van der Waals surface area contributed by atoms with Crippen molar-refractivity contribution in [1.29, 1.82) is 0 Å². The van der Waals surface area contributed by atoms with Crippen LogP contribution in [0.4, 0.5) is 0 Å². The second-order valence-electron chi connectivity index (χ2n) is 9.51. The Hall–Kier alpha value is -0.389. The van der Waals surface area contributed by atoms with Crippen LogP contribution in [0.5, 0.6) is 0 Å². The zero-order valence-corrected chi connectivity index (χ0v) is 19.7. The monoisotopic (exact) mass is 346 g/mol. The molecule has 0 fully saturated rings. The van der Waals surface area contributed by atoms with Crippen LogP contribution in [0.25, 0.3) is 0 Å². The molecule has 0 nitrogen and oxygen atoms in total. The summed E-state index contributed by atoms with van der Waals surface area (Å²) in [5.41, 5.74) is 7.74. The molecule has 2 rings (SSSR count). The Bertz CT molecular complexity index is 498. The summed E-state index contributed by atoms with van der Waals surface area (Å²) in [5.74, 6) is 0. The van der Waals surface area contributed by atoms with Crippen molar-refractivity contribution >= 4 is 26.4 Å². The van der Waals surface area contributed by atoms with Crippen molar-refractivity contribution in [1.82, 2.24) is 0 Å². The first-order chi connectivity index (χ1) is 10.1. The van der Waals surface area contributed by atoms with E-state index in [4.69, 9.17) is 0 Å². The summed E-state index contributed by atoms with van der Waals surface area (Å²) in [6.45, 7) is 15.0. The van der Waals surface area contributed by atoms with E-state index in [1.807, 2.05) is 0 Å². The highest BCUT2D eigenvalue weighted by molar-refractivity contribution is 6.77. The summed E-state index contributed by atoms with van der Waals surface area (Å²) in [6, 6.07) is 2.73. The van der Waals surface area contributed by atoms with Gasteiger partial charge in [-0.05, 0) is 30.5 Å². The van der Waals surface area contributed by atoms with Gasteiger partial charge in [0.1, 0.15) is 0 Å². The molecule has 0 saturated carbocycles. The van der Waals surface area contributed by atoms with Crippen molar-refractivity contribution in [3.63, 3.8) is 0 Å². The molecule has 0 bridgehead atoms. The Morgan fingerprint density at radius 1 is 0.818 bits per heavy atom. The first-order valence-corrected chi connectivity index (χ1v) is 17.4. The molecule has 3 heteroatoms. The number of allylic oxidation sites excluding steroid dienone is 8. The van der Waals surface area contributed by atoms with E-state index in [0.29, 0.717) is 0 Å². The van der Waals surface area contributed by atoms with Crippen LogP contribution in [0.2, 0.25) is 56.9 Å². The molecular weight excluding hydrogens is 312 g/mol. The van der Waals surface area contributed by atoms with Crippen molar-refractivity contribution in [2.24, 2.45) is 0 Å². The molecule has 0 aliphatic heterocycles. The van der Waals surface area contributed by atoms with Crippen molar-refractivity contribution in [2.75, 3.05) is 0 Å². The standard InChI is InChI=1S/C19H34Si3/c1-21(2,3)13-15-9-7-11-17(15)19(20)18-12-8-10-16(18)14-22(4,5)6/h7-10,19H,11-14H2,1-6,20H3. The van der Waals surface area contributed by atoms with Crippen molar-refractivity contribution in [3.05, 3.63) is 46.6 Å². The summed E-state index contributed by atoms with van der Waals surface area (Å²) in [5, 5.41) is 0. The van der Waals surface area contributed by atoms with Gasteiger partial charge in [0.2, 0.25) is 0 Å². The highest BCUT2D eigenvalue weighted by Crippen LogP contribution is 2.42. The second kappa shape index (κ2) is 6.62. The van der Waals surface area contributed by atoms with E-state index >= 15 is 0 Å². The van der Waals surface area contributed by atoms with E-state index < -0.39 is 16.1 Å². The average molecular weight is 347 g/mol. The Morgan fingerprint density at radius 2 is 1.18 bits per heavy atom. The van der Waals surface area contributed by atoms with E-state index in [2.05, 4.69) is 63.6 Å². The third-order valence-corrected chi connectivity index (χ3v) is 8.90. The van der Waals surface area contributed by atoms with Gasteiger partial charge in [0.15, 0.2) is 0 Å². The van der Waals surface area contributed by atoms with Crippen molar-refractivity contribution < 1.29 is 0 Å². The Morgan fingerprint density at radius 3 is 1.50 bits per heavy atom. The summed E-state index contributed by atoms with van der Waals surface area (Å²) in [4.78, 5) is 0. The lowest BCUT2D eigenvalue weighted by molar-refractivity contribution is 0.990. The molecule has 22 heavy (non-hydrogen) atoms. The molecule has 0 unspecified atom stereocenters. The third-order valence-electron chi connectivity index (χ3n) is 4.63. The van der Waals surface area contributed by atoms with Gasteiger partial charge in [-0.25, -0.2) is 0 Å². The fourth-order valence-electron chi connectivity index (χ4n) is 3.74. The Labute approximate surface area is 142 Å². The minimum absolute atomic E-state index is 0.780. The molecule has 0 aromatic rings. The van der Waals surface area contributed by atoms with Gasteiger partial charge in [0.05, 0.1) is 0 Å². The molecule has 0 spiro atoms. The summed E-state index contributed by atoms with van der Waals surface area (Å²) in [7, 11) is -0.778. The average Bonchev–Trinajstić information content (AvgIpc) is 2.93. The van der Waals surface area contributed by atoms with Gasteiger partial charge < -0.3 is 0 Å². The van der Waals surface area contributed by atoms with Crippen LogP contribution in [0.15, 0.2) is 46.6 Å². The van der Waals surface area contributed by atoms with Crippen LogP contribution < -0.4 is 0 Å². The van der Waals surface area contributed by atoms with Crippen LogP contribution in [-0.2, 0) is 0 Å². The predicted octanol–water partition coefficient (Wildman–Crippen LogP) is 5.33. The Kier molecular flexibility index (Phi) is 5.40. The summed E-state index contributed by atoms with van der Waals surface area (Å²) in [6.07, 6.45) is 12.2. The van der Waals surface area contributed by atoms with Gasteiger partial charge in [-0.1, -0.05) is 85.9 Å². The van der Waals surface area contributed by atoms with Crippen LogP contribution in [0.1, 0.15) is 12.8 Å². The zero-order valence-electron chi connectivity index (χ0n) is 15.7. The molecule has 2 aliphatic carbocycles. The van der Waals surface area contributed by atoms with E-state index in [1.54, 1.807) is 22.3 Å². The number of hydrogen-bond acceptors (Lipinski definition) is 0. The highest BCUT2D eigenvalue weighted by Gasteiger charge is 2.26. The molecule has 2 aliphatic rings. The van der Waals surface area contributed by atoms with Crippen molar-refractivity contribution in [2.45, 2.75) is 69.8 Å². The SMILES string of the molecule is C[Si](C)(C)CC1=C(C([SiH3])C2=C(C[Si](C)(C)C)C=CC2)CC=C1. The quantitative estimate of drug-likeness (QED) is 0.570. The minimum atomic E-state index is -1.02. The maximum Gasteiger partial charge on any atom is 0.0487 e. The summed E-state index contributed by atoms with van der Waals surface area (Å²) < 4.78 is 0. The lowest BCUT2D eigenvalue weighted by Gasteiger charge is -2.24. The zero-order chi connectivity index (χ0) is 16.5. The first-order valence-electron chi connectivity index (χ1n) is 8.84. The second-order valence-corrected chi connectivity index (χ2v) is 21.6. The number of hydrogen-bond donors (Lipinski definition) is 0. The van der Waals surface area contributed by atoms with E-state index in [9.17, 15) is 0 Å². The van der Waals surface area contributed by atoms with Crippen molar-refractivity contribution in [3.8, 4) is 0 Å². The molecule has 0 saturated heterocycles. The van der Waals surface area contributed by atoms with Gasteiger partial charge in [-0.3, -0.25) is 0 Å². The maximum atomic E-state index is 2.50. The molecular formula is C19H34Si3. The summed E-state index contributed by atoms with van der Waals surface area (Å²) >= 11 is 0. The fourth-order valence-corrected chi connectivity index (χ4v) is 7.93. The molecule has 0 aromatic heterocycles. The molecule has 0 heterocycles. The molecule has 0 radical (unpaired) electrons. The largest absolute Gasteiger partial charge is 0.0802 e. The van der Waals surface area contributed by atoms with Gasteiger partial charge in [-0.2, -0.15) is 0 Å².